The summed E-state index contributed by atoms with van der Waals surface area (Å²) in [5.74, 6) is 0.0586. The van der Waals surface area contributed by atoms with Gasteiger partial charge in [-0.05, 0) is 5.56 Å². The number of amides is 1. The van der Waals surface area contributed by atoms with Crippen molar-refractivity contribution in [3.8, 4) is 0 Å². The van der Waals surface area contributed by atoms with Crippen LogP contribution >= 0.6 is 24.0 Å². The summed E-state index contributed by atoms with van der Waals surface area (Å²) in [6.45, 7) is 1.04. The molecule has 0 saturated carbocycles. The molecule has 1 aromatic carbocycles. The molecule has 3 nitrogen and oxygen atoms in total. The number of hydrogen-bond donors (Lipinski definition) is 0. The highest BCUT2D eigenvalue weighted by molar-refractivity contribution is 8.24. The van der Waals surface area contributed by atoms with Crippen molar-refractivity contribution < 1.29 is 9.53 Å². The van der Waals surface area contributed by atoms with Crippen LogP contribution in [0.4, 0.5) is 0 Å². The maximum atomic E-state index is 12.2. The number of benzene rings is 1. The highest BCUT2D eigenvalue weighted by Gasteiger charge is 2.37. The molecule has 5 heteroatoms. The molecule has 1 heterocycles. The molecule has 0 spiro atoms. The fraction of sp³-hybridized carbons (Fsp3) is 0.333. The van der Waals surface area contributed by atoms with E-state index in [1.54, 1.807) is 12.0 Å². The van der Waals surface area contributed by atoms with E-state index < -0.39 is 0 Å². The van der Waals surface area contributed by atoms with Gasteiger partial charge in [-0.15, -0.1) is 0 Å². The quantitative estimate of drug-likeness (QED) is 0.783. The summed E-state index contributed by atoms with van der Waals surface area (Å²) < 4.78 is 5.62. The third-order valence-electron chi connectivity index (χ3n) is 2.55. The summed E-state index contributed by atoms with van der Waals surface area (Å²) in [7, 11) is 1.62. The molecule has 1 aliphatic rings. The molecular weight excluding hydrogens is 254 g/mol. The second kappa shape index (κ2) is 5.62. The van der Waals surface area contributed by atoms with Crippen LogP contribution in [0.3, 0.4) is 0 Å². The summed E-state index contributed by atoms with van der Waals surface area (Å²) in [5.41, 5.74) is 1.00. The third-order valence-corrected chi connectivity index (χ3v) is 4.19. The fourth-order valence-corrected chi connectivity index (χ4v) is 3.17. The standard InChI is InChI=1S/C12H13NO2S2/c1-15-8-7-13-11(14)10(17-12(13)16)9-5-3-2-4-6-9/h2-6,10H,7-8H2,1H3. The number of carbonyl (C=O) groups is 1. The van der Waals surface area contributed by atoms with Gasteiger partial charge >= 0.3 is 0 Å². The number of hydrogen-bond acceptors (Lipinski definition) is 4. The maximum Gasteiger partial charge on any atom is 0.246 e. The van der Waals surface area contributed by atoms with Crippen LogP contribution in [0, 0.1) is 0 Å². The molecule has 0 aliphatic carbocycles. The molecule has 0 radical (unpaired) electrons. The summed E-state index contributed by atoms with van der Waals surface area (Å²) in [5, 5.41) is -0.194. The molecule has 90 valence electrons. The van der Waals surface area contributed by atoms with Gasteiger partial charge in [0.05, 0.1) is 13.2 Å². The Hall–Kier alpha value is -0.910. The minimum absolute atomic E-state index is 0.0586. The second-order valence-corrected chi connectivity index (χ2v) is 5.40. The van der Waals surface area contributed by atoms with Gasteiger partial charge in [0.1, 0.15) is 9.57 Å². The Morgan fingerprint density at radius 2 is 2.12 bits per heavy atom. The van der Waals surface area contributed by atoms with E-state index in [0.29, 0.717) is 17.5 Å². The number of carbonyl (C=O) groups excluding carboxylic acids is 1. The zero-order valence-electron chi connectivity index (χ0n) is 9.46. The molecule has 1 atom stereocenters. The first-order valence-corrected chi connectivity index (χ1v) is 6.58. The molecule has 0 aromatic heterocycles. The summed E-state index contributed by atoms with van der Waals surface area (Å²) >= 11 is 6.66. The maximum absolute atomic E-state index is 12.2. The molecule has 2 rings (SSSR count). The van der Waals surface area contributed by atoms with Gasteiger partial charge in [-0.3, -0.25) is 9.69 Å². The van der Waals surface area contributed by atoms with E-state index in [9.17, 15) is 4.79 Å². The van der Waals surface area contributed by atoms with Crippen LogP contribution in [0.25, 0.3) is 0 Å². The molecule has 1 amide bonds. The van der Waals surface area contributed by atoms with E-state index in [-0.39, 0.29) is 11.2 Å². The zero-order chi connectivity index (χ0) is 12.3. The largest absolute Gasteiger partial charge is 0.383 e. The third kappa shape index (κ3) is 2.68. The van der Waals surface area contributed by atoms with E-state index in [1.807, 2.05) is 30.3 Å². The van der Waals surface area contributed by atoms with Crippen LogP contribution in [0.15, 0.2) is 30.3 Å². The fourth-order valence-electron chi connectivity index (χ4n) is 1.67. The zero-order valence-corrected chi connectivity index (χ0v) is 11.1. The van der Waals surface area contributed by atoms with Crippen LogP contribution in [-0.2, 0) is 9.53 Å². The Labute approximate surface area is 110 Å². The van der Waals surface area contributed by atoms with Gasteiger partial charge in [0, 0.05) is 7.11 Å². The molecule has 1 aliphatic heterocycles. The normalized spacial score (nSPS) is 20.1. The van der Waals surface area contributed by atoms with Crippen LogP contribution in [0.5, 0.6) is 0 Å². The van der Waals surface area contributed by atoms with Crippen molar-refractivity contribution >= 4 is 34.2 Å². The number of methoxy groups -OCH3 is 1. The smallest absolute Gasteiger partial charge is 0.246 e. The Balaban J connectivity index is 2.13. The van der Waals surface area contributed by atoms with Crippen molar-refractivity contribution in [3.05, 3.63) is 35.9 Å². The minimum Gasteiger partial charge on any atom is -0.383 e. The molecular formula is C12H13NO2S2. The molecule has 17 heavy (non-hydrogen) atoms. The van der Waals surface area contributed by atoms with Crippen molar-refractivity contribution in [2.45, 2.75) is 5.25 Å². The van der Waals surface area contributed by atoms with Gasteiger partial charge in [0.25, 0.3) is 0 Å². The van der Waals surface area contributed by atoms with Crippen molar-refractivity contribution in [3.63, 3.8) is 0 Å². The van der Waals surface area contributed by atoms with Gasteiger partial charge < -0.3 is 4.74 Å². The van der Waals surface area contributed by atoms with Gasteiger partial charge in [-0.25, -0.2) is 0 Å². The second-order valence-electron chi connectivity index (χ2n) is 3.66. The van der Waals surface area contributed by atoms with E-state index in [0.717, 1.165) is 5.56 Å². The number of thiocarbonyl (C=S) groups is 1. The molecule has 1 fully saturated rings. The number of thioether (sulfide) groups is 1. The first-order chi connectivity index (χ1) is 8.24. The Morgan fingerprint density at radius 3 is 2.76 bits per heavy atom. The van der Waals surface area contributed by atoms with Crippen molar-refractivity contribution in [2.24, 2.45) is 0 Å². The van der Waals surface area contributed by atoms with Gasteiger partial charge in [-0.1, -0.05) is 54.3 Å². The van der Waals surface area contributed by atoms with Crippen molar-refractivity contribution in [2.75, 3.05) is 20.3 Å². The van der Waals surface area contributed by atoms with Crippen LogP contribution in [0.1, 0.15) is 10.8 Å². The van der Waals surface area contributed by atoms with Crippen LogP contribution < -0.4 is 0 Å². The lowest BCUT2D eigenvalue weighted by molar-refractivity contribution is -0.126. The van der Waals surface area contributed by atoms with Crippen LogP contribution in [-0.4, -0.2) is 35.4 Å². The Bertz CT molecular complexity index is 422. The van der Waals surface area contributed by atoms with Crippen molar-refractivity contribution in [1.82, 2.24) is 4.90 Å². The predicted octanol–water partition coefficient (Wildman–Crippen LogP) is 2.23. The van der Waals surface area contributed by atoms with E-state index in [1.165, 1.54) is 11.8 Å². The monoisotopic (exact) mass is 267 g/mol. The molecule has 0 N–H and O–H groups in total. The number of rotatable bonds is 4. The summed E-state index contributed by atoms with van der Waals surface area (Å²) in [6, 6.07) is 9.72. The van der Waals surface area contributed by atoms with E-state index >= 15 is 0 Å². The summed E-state index contributed by atoms with van der Waals surface area (Å²) in [6.07, 6.45) is 0. The number of ether oxygens (including phenoxy) is 1. The average Bonchev–Trinajstić information content (AvgIpc) is 2.64. The Morgan fingerprint density at radius 1 is 1.41 bits per heavy atom. The molecule has 1 saturated heterocycles. The molecule has 1 aromatic rings. The molecule has 0 bridgehead atoms. The highest BCUT2D eigenvalue weighted by atomic mass is 32.2. The average molecular weight is 267 g/mol. The van der Waals surface area contributed by atoms with Gasteiger partial charge in [0.2, 0.25) is 5.91 Å². The van der Waals surface area contributed by atoms with E-state index in [4.69, 9.17) is 17.0 Å². The number of nitrogens with zero attached hydrogens (tertiary/aromatic N) is 1. The SMILES string of the molecule is COCCN1C(=O)C(c2ccccc2)SC1=S. The van der Waals surface area contributed by atoms with Gasteiger partial charge in [-0.2, -0.15) is 0 Å². The van der Waals surface area contributed by atoms with Crippen LogP contribution in [0.2, 0.25) is 0 Å². The lowest BCUT2D eigenvalue weighted by Gasteiger charge is -2.14. The lowest BCUT2D eigenvalue weighted by Crippen LogP contribution is -2.32. The predicted molar refractivity (Wildman–Crippen MR) is 73.0 cm³/mol. The topological polar surface area (TPSA) is 29.5 Å². The Kier molecular flexibility index (Phi) is 4.15. The minimum atomic E-state index is -0.194. The molecule has 1 unspecified atom stereocenters. The lowest BCUT2D eigenvalue weighted by atomic mass is 10.1. The summed E-state index contributed by atoms with van der Waals surface area (Å²) in [4.78, 5) is 13.8. The first kappa shape index (κ1) is 12.5. The van der Waals surface area contributed by atoms with Crippen molar-refractivity contribution in [1.29, 1.82) is 0 Å². The first-order valence-electron chi connectivity index (χ1n) is 5.30. The van der Waals surface area contributed by atoms with Gasteiger partial charge in [0.15, 0.2) is 0 Å². The highest BCUT2D eigenvalue weighted by Crippen LogP contribution is 2.39. The van der Waals surface area contributed by atoms with E-state index in [2.05, 4.69) is 0 Å².